The zero-order valence-electron chi connectivity index (χ0n) is 20.5. The molecule has 0 bridgehead atoms. The van der Waals surface area contributed by atoms with Crippen molar-refractivity contribution >= 4 is 38.2 Å². The predicted molar refractivity (Wildman–Crippen MR) is 140 cm³/mol. The normalized spacial score (nSPS) is 11.6. The van der Waals surface area contributed by atoms with Gasteiger partial charge in [0.25, 0.3) is 0 Å². The van der Waals surface area contributed by atoms with Crippen LogP contribution in [-0.2, 0) is 10.0 Å². The number of halogens is 1. The summed E-state index contributed by atoms with van der Waals surface area (Å²) in [6.07, 6.45) is 1.64. The number of rotatable bonds is 8. The largest absolute Gasteiger partial charge is 0.455 e. The lowest BCUT2D eigenvalue weighted by atomic mass is 9.95. The maximum Gasteiger partial charge on any atom is 0.232 e. The van der Waals surface area contributed by atoms with Gasteiger partial charge in [-0.1, -0.05) is 32.0 Å². The highest BCUT2D eigenvalue weighted by Gasteiger charge is 2.25. The number of hydrogen-bond donors (Lipinski definition) is 0. The lowest BCUT2D eigenvalue weighted by Gasteiger charge is -2.21. The minimum atomic E-state index is -3.65. The standard InChI is InChI=1S/C28H26FNO5S/c1-5-24(31)19-9-7-8-18(14-19)21-15-22-26(16-23(21)30(3)36(4,33)34)35-28(27(22)25(32)6-2)17-10-12-20(29)13-11-17/h7-16H,5-6H2,1-4H3. The Hall–Kier alpha value is -3.78. The van der Waals surface area contributed by atoms with E-state index < -0.39 is 15.8 Å². The lowest BCUT2D eigenvalue weighted by Crippen LogP contribution is -2.25. The second kappa shape index (κ2) is 9.70. The number of carbonyl (C=O) groups is 2. The van der Waals surface area contributed by atoms with Crippen LogP contribution in [0.5, 0.6) is 0 Å². The summed E-state index contributed by atoms with van der Waals surface area (Å²) in [6.45, 7) is 3.51. The number of sulfonamides is 1. The third-order valence-corrected chi connectivity index (χ3v) is 7.36. The van der Waals surface area contributed by atoms with E-state index in [4.69, 9.17) is 4.42 Å². The van der Waals surface area contributed by atoms with Crippen LogP contribution < -0.4 is 4.31 Å². The van der Waals surface area contributed by atoms with E-state index in [1.54, 1.807) is 50.2 Å². The second-order valence-electron chi connectivity index (χ2n) is 8.54. The Balaban J connectivity index is 2.07. The summed E-state index contributed by atoms with van der Waals surface area (Å²) in [5, 5.41) is 0.508. The van der Waals surface area contributed by atoms with Crippen LogP contribution in [0.2, 0.25) is 0 Å². The Labute approximate surface area is 209 Å². The van der Waals surface area contributed by atoms with Crippen LogP contribution in [0.15, 0.2) is 65.1 Å². The van der Waals surface area contributed by atoms with Gasteiger partial charge in [0.05, 0.1) is 17.5 Å². The fourth-order valence-electron chi connectivity index (χ4n) is 4.13. The van der Waals surface area contributed by atoms with E-state index in [9.17, 15) is 22.4 Å². The molecule has 6 nitrogen and oxygen atoms in total. The molecule has 0 atom stereocenters. The highest BCUT2D eigenvalue weighted by molar-refractivity contribution is 7.92. The van der Waals surface area contributed by atoms with Gasteiger partial charge in [0, 0.05) is 48.0 Å². The second-order valence-corrected chi connectivity index (χ2v) is 10.6. The van der Waals surface area contributed by atoms with Crippen molar-refractivity contribution in [2.24, 2.45) is 0 Å². The molecule has 0 aliphatic rings. The molecule has 0 aliphatic carbocycles. The Morgan fingerprint density at radius 3 is 2.19 bits per heavy atom. The molecule has 0 N–H and O–H groups in total. The molecule has 8 heteroatoms. The summed E-state index contributed by atoms with van der Waals surface area (Å²) in [5.41, 5.74) is 3.18. The van der Waals surface area contributed by atoms with Gasteiger partial charge in [0.2, 0.25) is 10.0 Å². The number of Topliss-reactive ketones (excluding diaryl/α,β-unsaturated/α-hetero) is 2. The van der Waals surface area contributed by atoms with E-state index in [2.05, 4.69) is 0 Å². The molecule has 3 aromatic carbocycles. The molecule has 4 rings (SSSR count). The molecule has 0 radical (unpaired) electrons. The quantitative estimate of drug-likeness (QED) is 0.255. The summed E-state index contributed by atoms with van der Waals surface area (Å²) < 4.78 is 45.8. The van der Waals surface area contributed by atoms with Crippen molar-refractivity contribution in [1.82, 2.24) is 0 Å². The maximum absolute atomic E-state index is 13.6. The molecule has 0 saturated heterocycles. The number of anilines is 1. The number of hydrogen-bond acceptors (Lipinski definition) is 5. The SMILES string of the molecule is CCC(=O)c1cccc(-c2cc3c(C(=O)CC)c(-c4ccc(F)cc4)oc3cc2N(C)S(C)(=O)=O)c1. The summed E-state index contributed by atoms with van der Waals surface area (Å²) in [4.78, 5) is 25.4. The fourth-order valence-corrected chi connectivity index (χ4v) is 4.63. The molecule has 0 fully saturated rings. The average molecular weight is 508 g/mol. The van der Waals surface area contributed by atoms with Crippen molar-refractivity contribution < 1.29 is 26.8 Å². The van der Waals surface area contributed by atoms with E-state index in [1.807, 2.05) is 0 Å². The van der Waals surface area contributed by atoms with Gasteiger partial charge in [-0.05, 0) is 42.0 Å². The smallest absolute Gasteiger partial charge is 0.232 e. The van der Waals surface area contributed by atoms with Gasteiger partial charge in [-0.25, -0.2) is 12.8 Å². The Bertz CT molecular complexity index is 1590. The van der Waals surface area contributed by atoms with Gasteiger partial charge >= 0.3 is 0 Å². The van der Waals surface area contributed by atoms with Gasteiger partial charge in [-0.3, -0.25) is 13.9 Å². The van der Waals surface area contributed by atoms with Crippen LogP contribution in [-0.4, -0.2) is 33.3 Å². The molecule has 1 aromatic heterocycles. The van der Waals surface area contributed by atoms with Crippen molar-refractivity contribution in [3.05, 3.63) is 77.6 Å². The fraction of sp³-hybridized carbons (Fsp3) is 0.214. The maximum atomic E-state index is 13.6. The summed E-state index contributed by atoms with van der Waals surface area (Å²) in [6, 6.07) is 15.9. The minimum absolute atomic E-state index is 0.0419. The number of carbonyl (C=O) groups excluding carboxylic acids is 2. The molecule has 186 valence electrons. The van der Waals surface area contributed by atoms with E-state index in [0.29, 0.717) is 50.9 Å². The highest BCUT2D eigenvalue weighted by atomic mass is 32.2. The molecule has 0 aliphatic heterocycles. The van der Waals surface area contributed by atoms with Gasteiger partial charge in [0.1, 0.15) is 17.2 Å². The van der Waals surface area contributed by atoms with Crippen molar-refractivity contribution in [1.29, 1.82) is 0 Å². The third-order valence-electron chi connectivity index (χ3n) is 6.17. The zero-order chi connectivity index (χ0) is 26.2. The number of furan rings is 1. The van der Waals surface area contributed by atoms with Gasteiger partial charge in [0.15, 0.2) is 11.6 Å². The van der Waals surface area contributed by atoms with Crippen molar-refractivity contribution in [3.63, 3.8) is 0 Å². The van der Waals surface area contributed by atoms with E-state index in [0.717, 1.165) is 10.6 Å². The van der Waals surface area contributed by atoms with Crippen LogP contribution in [0.25, 0.3) is 33.4 Å². The van der Waals surface area contributed by atoms with Crippen molar-refractivity contribution in [3.8, 4) is 22.5 Å². The predicted octanol–water partition coefficient (Wildman–Crippen LogP) is 6.49. The molecular formula is C28H26FNO5S. The number of nitrogens with zero attached hydrogens (tertiary/aromatic N) is 1. The van der Waals surface area contributed by atoms with E-state index in [1.165, 1.54) is 31.3 Å². The topological polar surface area (TPSA) is 84.7 Å². The molecular weight excluding hydrogens is 481 g/mol. The van der Waals surface area contributed by atoms with Crippen LogP contribution >= 0.6 is 0 Å². The molecule has 36 heavy (non-hydrogen) atoms. The first-order chi connectivity index (χ1) is 17.0. The monoisotopic (exact) mass is 507 g/mol. The van der Waals surface area contributed by atoms with Crippen molar-refractivity contribution in [2.75, 3.05) is 17.6 Å². The van der Waals surface area contributed by atoms with Crippen LogP contribution in [0.4, 0.5) is 10.1 Å². The minimum Gasteiger partial charge on any atom is -0.455 e. The van der Waals surface area contributed by atoms with Crippen molar-refractivity contribution in [2.45, 2.75) is 26.7 Å². The zero-order valence-corrected chi connectivity index (χ0v) is 21.3. The molecule has 1 heterocycles. The lowest BCUT2D eigenvalue weighted by molar-refractivity contribution is 0.0981. The Morgan fingerprint density at radius 2 is 1.58 bits per heavy atom. The summed E-state index contributed by atoms with van der Waals surface area (Å²) in [5.74, 6) is -0.339. The average Bonchev–Trinajstić information content (AvgIpc) is 3.24. The highest BCUT2D eigenvalue weighted by Crippen LogP contribution is 2.41. The van der Waals surface area contributed by atoms with Gasteiger partial charge < -0.3 is 4.42 Å². The van der Waals surface area contributed by atoms with Crippen LogP contribution in [0.3, 0.4) is 0 Å². The molecule has 4 aromatic rings. The first-order valence-electron chi connectivity index (χ1n) is 11.5. The van der Waals surface area contributed by atoms with Gasteiger partial charge in [-0.15, -0.1) is 0 Å². The molecule has 0 spiro atoms. The molecule has 0 unspecified atom stereocenters. The summed E-state index contributed by atoms with van der Waals surface area (Å²) >= 11 is 0. The Morgan fingerprint density at radius 1 is 0.917 bits per heavy atom. The molecule has 0 saturated carbocycles. The number of ketones is 2. The van der Waals surface area contributed by atoms with Gasteiger partial charge in [-0.2, -0.15) is 0 Å². The van der Waals surface area contributed by atoms with Crippen LogP contribution in [0.1, 0.15) is 47.4 Å². The third kappa shape index (κ3) is 4.68. The first-order valence-corrected chi connectivity index (χ1v) is 13.4. The molecule has 0 amide bonds. The Kier molecular flexibility index (Phi) is 6.82. The number of fused-ring (bicyclic) bond motifs is 1. The number of benzene rings is 3. The first kappa shape index (κ1) is 25.3. The van der Waals surface area contributed by atoms with E-state index in [-0.39, 0.29) is 23.7 Å². The van der Waals surface area contributed by atoms with E-state index >= 15 is 0 Å². The summed E-state index contributed by atoms with van der Waals surface area (Å²) in [7, 11) is -2.22. The van der Waals surface area contributed by atoms with Crippen LogP contribution in [0, 0.1) is 5.82 Å².